The van der Waals surface area contributed by atoms with E-state index in [0.29, 0.717) is 15.5 Å². The summed E-state index contributed by atoms with van der Waals surface area (Å²) in [5, 5.41) is 22.7. The normalized spacial score (nSPS) is 12.2. The van der Waals surface area contributed by atoms with E-state index in [0.717, 1.165) is 16.8 Å². The summed E-state index contributed by atoms with van der Waals surface area (Å²) in [6.45, 7) is 2.34. The second-order valence-corrected chi connectivity index (χ2v) is 6.23. The fourth-order valence-corrected chi connectivity index (χ4v) is 3.22. The van der Waals surface area contributed by atoms with Gasteiger partial charge in [0, 0.05) is 17.8 Å². The number of aliphatic hydroxyl groups excluding tert-OH is 1. The quantitative estimate of drug-likeness (QED) is 0.703. The number of anilines is 1. The fraction of sp³-hybridized carbons (Fsp3) is 0.200. The van der Waals surface area contributed by atoms with Crippen LogP contribution in [0.15, 0.2) is 45.3 Å². The second-order valence-electron chi connectivity index (χ2n) is 4.52. The molecule has 106 valence electrons. The van der Waals surface area contributed by atoms with Gasteiger partial charge in [0.05, 0.1) is 15.0 Å². The number of phenols is 1. The average molecular weight is 401 g/mol. The van der Waals surface area contributed by atoms with Crippen molar-refractivity contribution in [2.45, 2.75) is 19.6 Å². The van der Waals surface area contributed by atoms with Crippen molar-refractivity contribution in [3.05, 3.63) is 56.5 Å². The lowest BCUT2D eigenvalue weighted by atomic mass is 10.1. The summed E-state index contributed by atoms with van der Waals surface area (Å²) in [5.74, 6) is 0.193. The first-order valence-corrected chi connectivity index (χ1v) is 7.75. The van der Waals surface area contributed by atoms with Crippen molar-refractivity contribution in [1.82, 2.24) is 0 Å². The highest BCUT2D eigenvalue weighted by Crippen LogP contribution is 2.33. The SMILES string of the molecule is CC(O)c1ccccc1NCc1cc(Br)c(O)c(Br)c1. The number of rotatable bonds is 4. The lowest BCUT2D eigenvalue weighted by Gasteiger charge is -2.14. The monoisotopic (exact) mass is 399 g/mol. The first kappa shape index (κ1) is 15.4. The van der Waals surface area contributed by atoms with Crippen molar-refractivity contribution in [3.63, 3.8) is 0 Å². The molecule has 2 aromatic carbocycles. The van der Waals surface area contributed by atoms with E-state index >= 15 is 0 Å². The first-order chi connectivity index (χ1) is 9.49. The largest absolute Gasteiger partial charge is 0.506 e. The van der Waals surface area contributed by atoms with Gasteiger partial charge in [0.15, 0.2) is 0 Å². The van der Waals surface area contributed by atoms with E-state index in [1.54, 1.807) is 6.92 Å². The molecule has 0 aliphatic heterocycles. The van der Waals surface area contributed by atoms with Crippen LogP contribution >= 0.6 is 31.9 Å². The number of phenolic OH excluding ortho intramolecular Hbond substituents is 1. The van der Waals surface area contributed by atoms with Gasteiger partial charge in [0.2, 0.25) is 0 Å². The summed E-state index contributed by atoms with van der Waals surface area (Å²) < 4.78 is 1.29. The molecule has 0 fully saturated rings. The van der Waals surface area contributed by atoms with E-state index in [1.807, 2.05) is 36.4 Å². The van der Waals surface area contributed by atoms with Crippen molar-refractivity contribution in [1.29, 1.82) is 0 Å². The number of halogens is 2. The molecule has 0 bridgehead atoms. The highest BCUT2D eigenvalue weighted by Gasteiger charge is 2.08. The zero-order valence-electron chi connectivity index (χ0n) is 10.9. The van der Waals surface area contributed by atoms with Crippen LogP contribution in [0.3, 0.4) is 0 Å². The van der Waals surface area contributed by atoms with E-state index in [9.17, 15) is 10.2 Å². The summed E-state index contributed by atoms with van der Waals surface area (Å²) >= 11 is 6.63. The summed E-state index contributed by atoms with van der Waals surface area (Å²) in [6, 6.07) is 11.4. The number of hydrogen-bond acceptors (Lipinski definition) is 3. The van der Waals surface area contributed by atoms with Gasteiger partial charge in [-0.05, 0) is 62.5 Å². The molecule has 1 unspecified atom stereocenters. The van der Waals surface area contributed by atoms with Crippen LogP contribution in [0.4, 0.5) is 5.69 Å². The molecule has 0 spiro atoms. The second kappa shape index (κ2) is 6.61. The average Bonchev–Trinajstić information content (AvgIpc) is 2.42. The Balaban J connectivity index is 2.17. The molecule has 0 saturated heterocycles. The van der Waals surface area contributed by atoms with Gasteiger partial charge in [-0.3, -0.25) is 0 Å². The van der Waals surface area contributed by atoms with Gasteiger partial charge in [-0.2, -0.15) is 0 Å². The number of aromatic hydroxyl groups is 1. The Morgan fingerprint density at radius 2 is 1.75 bits per heavy atom. The molecule has 0 radical (unpaired) electrons. The summed E-state index contributed by atoms with van der Waals surface area (Å²) in [6.07, 6.45) is -0.517. The van der Waals surface area contributed by atoms with Gasteiger partial charge in [0.25, 0.3) is 0 Å². The van der Waals surface area contributed by atoms with Crippen LogP contribution in [0.25, 0.3) is 0 Å². The third-order valence-corrected chi connectivity index (χ3v) is 4.18. The molecule has 0 saturated carbocycles. The highest BCUT2D eigenvalue weighted by atomic mass is 79.9. The van der Waals surface area contributed by atoms with Gasteiger partial charge in [-0.15, -0.1) is 0 Å². The topological polar surface area (TPSA) is 52.5 Å². The Hall–Kier alpha value is -1.04. The van der Waals surface area contributed by atoms with E-state index in [4.69, 9.17) is 0 Å². The van der Waals surface area contributed by atoms with E-state index in [1.165, 1.54) is 0 Å². The predicted molar refractivity (Wildman–Crippen MR) is 87.9 cm³/mol. The number of nitrogens with one attached hydrogen (secondary N) is 1. The third-order valence-electron chi connectivity index (χ3n) is 2.97. The summed E-state index contributed by atoms with van der Waals surface area (Å²) in [7, 11) is 0. The van der Waals surface area contributed by atoms with E-state index < -0.39 is 6.10 Å². The molecule has 20 heavy (non-hydrogen) atoms. The van der Waals surface area contributed by atoms with Crippen molar-refractivity contribution in [2.75, 3.05) is 5.32 Å². The van der Waals surface area contributed by atoms with Crippen molar-refractivity contribution < 1.29 is 10.2 Å². The Bertz CT molecular complexity index is 592. The number of para-hydroxylation sites is 1. The van der Waals surface area contributed by atoms with Crippen molar-refractivity contribution in [3.8, 4) is 5.75 Å². The minimum absolute atomic E-state index is 0.193. The third kappa shape index (κ3) is 3.53. The molecule has 0 amide bonds. The van der Waals surface area contributed by atoms with Gasteiger partial charge in [-0.25, -0.2) is 0 Å². The summed E-state index contributed by atoms with van der Waals surface area (Å²) in [4.78, 5) is 0. The first-order valence-electron chi connectivity index (χ1n) is 6.16. The molecule has 0 aromatic heterocycles. The van der Waals surface area contributed by atoms with Crippen LogP contribution in [0.1, 0.15) is 24.2 Å². The van der Waals surface area contributed by atoms with Crippen LogP contribution in [-0.4, -0.2) is 10.2 Å². The molecular formula is C15H15Br2NO2. The molecule has 0 aliphatic rings. The minimum Gasteiger partial charge on any atom is -0.506 e. The number of benzene rings is 2. The Labute approximate surface area is 134 Å². The van der Waals surface area contributed by atoms with E-state index in [-0.39, 0.29) is 5.75 Å². The van der Waals surface area contributed by atoms with Crippen LogP contribution in [0, 0.1) is 0 Å². The highest BCUT2D eigenvalue weighted by molar-refractivity contribution is 9.11. The predicted octanol–water partition coefficient (Wildman–Crippen LogP) is 4.58. The molecule has 0 aliphatic carbocycles. The molecular weight excluding hydrogens is 386 g/mol. The molecule has 5 heteroatoms. The smallest absolute Gasteiger partial charge is 0.143 e. The standard InChI is InChI=1S/C15H15Br2NO2/c1-9(19)11-4-2-3-5-14(11)18-8-10-6-12(16)15(20)13(17)7-10/h2-7,9,18-20H,8H2,1H3. The van der Waals surface area contributed by atoms with Gasteiger partial charge in [0.1, 0.15) is 5.75 Å². The Kier molecular flexibility index (Phi) is 5.07. The molecule has 2 rings (SSSR count). The maximum Gasteiger partial charge on any atom is 0.143 e. The van der Waals surface area contributed by atoms with Gasteiger partial charge in [-0.1, -0.05) is 18.2 Å². The number of hydrogen-bond donors (Lipinski definition) is 3. The molecule has 2 aromatic rings. The van der Waals surface area contributed by atoms with Gasteiger partial charge < -0.3 is 15.5 Å². The van der Waals surface area contributed by atoms with Crippen molar-refractivity contribution in [2.24, 2.45) is 0 Å². The van der Waals surface area contributed by atoms with Crippen LogP contribution in [-0.2, 0) is 6.54 Å². The van der Waals surface area contributed by atoms with E-state index in [2.05, 4.69) is 37.2 Å². The lowest BCUT2D eigenvalue weighted by molar-refractivity contribution is 0.200. The maximum atomic E-state index is 9.74. The Morgan fingerprint density at radius 3 is 2.35 bits per heavy atom. The number of aliphatic hydroxyl groups is 1. The minimum atomic E-state index is -0.517. The maximum absolute atomic E-state index is 9.74. The fourth-order valence-electron chi connectivity index (χ4n) is 1.94. The lowest BCUT2D eigenvalue weighted by Crippen LogP contribution is -2.04. The molecule has 3 N–H and O–H groups in total. The van der Waals surface area contributed by atoms with Crippen LogP contribution < -0.4 is 5.32 Å². The molecule has 1 atom stereocenters. The zero-order valence-corrected chi connectivity index (χ0v) is 14.1. The van der Waals surface area contributed by atoms with Crippen LogP contribution in [0.2, 0.25) is 0 Å². The molecule has 3 nitrogen and oxygen atoms in total. The molecule has 0 heterocycles. The zero-order chi connectivity index (χ0) is 14.7. The van der Waals surface area contributed by atoms with Crippen LogP contribution in [0.5, 0.6) is 5.75 Å². The summed E-state index contributed by atoms with van der Waals surface area (Å²) in [5.41, 5.74) is 2.79. The Morgan fingerprint density at radius 1 is 1.15 bits per heavy atom. The van der Waals surface area contributed by atoms with Gasteiger partial charge >= 0.3 is 0 Å². The van der Waals surface area contributed by atoms with Crippen molar-refractivity contribution >= 4 is 37.5 Å².